The van der Waals surface area contributed by atoms with Crippen LogP contribution in [0, 0.1) is 85.7 Å². The van der Waals surface area contributed by atoms with Crippen molar-refractivity contribution in [2.24, 2.45) is 0 Å². The molecule has 0 saturated carbocycles. The van der Waals surface area contributed by atoms with Gasteiger partial charge in [0.05, 0.1) is 51.8 Å². The highest BCUT2D eigenvalue weighted by Gasteiger charge is 2.17. The number of halogens is 1. The van der Waals surface area contributed by atoms with Crippen LogP contribution >= 0.6 is 95.1 Å². The Kier molecular flexibility index (Phi) is 24.8. The van der Waals surface area contributed by atoms with Crippen molar-refractivity contribution in [2.75, 3.05) is 7.11 Å². The number of aromatic nitrogens is 5. The van der Waals surface area contributed by atoms with Crippen molar-refractivity contribution < 1.29 is 13.5 Å². The molecule has 9 heterocycles. The molecule has 502 valence electrons. The Morgan fingerprint density at radius 2 is 0.712 bits per heavy atom. The van der Waals surface area contributed by atoms with Gasteiger partial charge in [0.2, 0.25) is 0 Å². The van der Waals surface area contributed by atoms with Crippen molar-refractivity contribution >= 4 is 95.1 Å². The minimum absolute atomic E-state index is 0.346. The molecule has 15 aromatic rings. The third-order valence-electron chi connectivity index (χ3n) is 15.8. The number of pyridine rings is 5. The summed E-state index contributed by atoms with van der Waals surface area (Å²) in [6.07, 6.45) is 1.57. The number of nitrogens with one attached hydrogen (secondary N) is 5. The number of ether oxygens (including phenoxy) is 1. The van der Waals surface area contributed by atoms with Crippen molar-refractivity contribution in [3.63, 3.8) is 0 Å². The van der Waals surface area contributed by atoms with Gasteiger partial charge in [-0.2, -0.15) is 49.0 Å². The molecule has 15 rings (SSSR count). The number of hydrogen-bond acceptors (Lipinski definition) is 15. The highest BCUT2D eigenvalue weighted by atomic mass is 32.1. The first-order valence-corrected chi connectivity index (χ1v) is 36.2. The van der Waals surface area contributed by atoms with E-state index in [0.29, 0.717) is 73.5 Å². The van der Waals surface area contributed by atoms with Crippen LogP contribution in [-0.2, 0) is 0 Å². The summed E-state index contributed by atoms with van der Waals surface area (Å²) in [5.41, 5.74) is 18.4. The van der Waals surface area contributed by atoms with Crippen LogP contribution in [0.4, 0.5) is 4.39 Å². The number of hydrogen-bond donors (Lipinski definition) is 5. The van der Waals surface area contributed by atoms with Crippen LogP contribution in [-0.4, -0.2) is 32.0 Å². The molecule has 5 N–H and O–H groups in total. The lowest BCUT2D eigenvalue weighted by atomic mass is 9.99. The molecule has 0 fully saturated rings. The third kappa shape index (κ3) is 17.7. The van der Waals surface area contributed by atoms with Crippen molar-refractivity contribution in [3.8, 4) is 148 Å². The fourth-order valence-electron chi connectivity index (χ4n) is 10.8. The normalized spacial score (nSPS) is 10.2. The summed E-state index contributed by atoms with van der Waals surface area (Å²) in [6.45, 7) is 0. The molecule has 0 spiro atoms. The zero-order valence-electron chi connectivity index (χ0n) is 54.7. The molecule has 21 heteroatoms. The van der Waals surface area contributed by atoms with Gasteiger partial charge in [0.1, 0.15) is 70.9 Å². The van der Waals surface area contributed by atoms with E-state index >= 15 is 0 Å². The second-order valence-electron chi connectivity index (χ2n) is 22.2. The van der Waals surface area contributed by atoms with E-state index in [9.17, 15) is 30.7 Å². The summed E-state index contributed by atoms with van der Waals surface area (Å²) in [4.78, 5) is 16.7. The Balaban J connectivity index is 0.000000130. The summed E-state index contributed by atoms with van der Waals surface area (Å²) >= 11 is 31.4. The van der Waals surface area contributed by atoms with Crippen LogP contribution in [0.2, 0.25) is 0 Å². The first kappa shape index (κ1) is 73.0. The topological polar surface area (TPSA) is 220 Å². The van der Waals surface area contributed by atoms with E-state index in [2.05, 4.69) is 55.3 Å². The Morgan fingerprint density at radius 1 is 0.346 bits per heavy atom. The van der Waals surface area contributed by atoms with Gasteiger partial charge >= 0.3 is 0 Å². The Morgan fingerprint density at radius 3 is 1.08 bits per heavy atom. The van der Waals surface area contributed by atoms with Gasteiger partial charge in [-0.05, 0) is 168 Å². The Labute approximate surface area is 635 Å². The summed E-state index contributed by atoms with van der Waals surface area (Å²) in [6, 6.07) is 85.4. The van der Waals surface area contributed by atoms with Crippen LogP contribution in [0.5, 0.6) is 5.75 Å². The summed E-state index contributed by atoms with van der Waals surface area (Å²) in [7, 11) is 1.62. The van der Waals surface area contributed by atoms with Crippen molar-refractivity contribution in [1.29, 1.82) is 26.3 Å². The second-order valence-corrected chi connectivity index (χ2v) is 26.8. The monoisotopic (exact) mass is 1500 g/mol. The van der Waals surface area contributed by atoms with Crippen molar-refractivity contribution in [3.05, 3.63) is 327 Å². The number of methoxy groups -OCH3 is 1. The van der Waals surface area contributed by atoms with Gasteiger partial charge in [-0.3, -0.25) is 0 Å². The number of benzene rings is 6. The first-order chi connectivity index (χ1) is 50.8. The molecule has 0 aliphatic rings. The first-order valence-electron chi connectivity index (χ1n) is 31.4. The molecule has 0 bridgehead atoms. The zero-order chi connectivity index (χ0) is 72.9. The standard InChI is InChI=1S/C18H11FN2S.C18H12N2S.C17H12N2O2S.C16H10N2S2.C14H8N2S3/c19-14-8-4-7-13(9-14)15-10-17(12-5-2-1-3-6-12)21-18(22)16(15)11-20;19-12-16-15(13-7-3-1-4-8-13)11-17(20-18(16)21)14-9-5-2-6-10-14;1-20-12-6-4-11(5-7-12)15-9-13(16-3-2-8-21-16)14(10-18)17(22)19-15;17-9-14-13(12-6-7-20-10-12)8-15(18-16(14)19)11-4-2-1-3-5-11;15-7-11-10(9-3-5-18-8-9)6-12(16-14(11)17)13-2-1-4-19-13/h1-10H,(H,21,22);1-11H,(H,20,21);2-9H,1H3,(H,19,22);1-8,10H,(H,18,19);1-6,8H,(H,16,17). The van der Waals surface area contributed by atoms with Crippen LogP contribution in [0.25, 0.3) is 111 Å². The molecular weight excluding hydrogens is 1440 g/mol. The fourth-order valence-corrected chi connectivity index (χ4v) is 14.1. The molecule has 0 unspecified atom stereocenters. The smallest absolute Gasteiger partial charge is 0.135 e. The molecule has 104 heavy (non-hydrogen) atoms. The minimum atomic E-state index is -0.346. The molecule has 0 aliphatic carbocycles. The second kappa shape index (κ2) is 35.4. The largest absolute Gasteiger partial charge is 0.497 e. The van der Waals surface area contributed by atoms with Crippen LogP contribution in [0.1, 0.15) is 27.8 Å². The van der Waals surface area contributed by atoms with Crippen LogP contribution in [0.15, 0.2) is 274 Å². The maximum absolute atomic E-state index is 13.5. The number of nitrogens with zero attached hydrogens (tertiary/aromatic N) is 5. The van der Waals surface area contributed by atoms with Gasteiger partial charge < -0.3 is 34.1 Å². The number of thiophene rings is 3. The van der Waals surface area contributed by atoms with E-state index < -0.39 is 0 Å². The average molecular weight is 1500 g/mol. The number of rotatable bonds is 11. The summed E-state index contributed by atoms with van der Waals surface area (Å²) < 4.78 is 26.3. The van der Waals surface area contributed by atoms with Crippen molar-refractivity contribution in [2.45, 2.75) is 0 Å². The van der Waals surface area contributed by atoms with Crippen LogP contribution < -0.4 is 4.74 Å². The molecule has 6 aromatic carbocycles. The van der Waals surface area contributed by atoms with E-state index in [1.54, 1.807) is 65.6 Å². The van der Waals surface area contributed by atoms with E-state index in [-0.39, 0.29) is 5.82 Å². The maximum Gasteiger partial charge on any atom is 0.135 e. The van der Waals surface area contributed by atoms with Gasteiger partial charge in [-0.15, -0.1) is 11.3 Å². The van der Waals surface area contributed by atoms with Gasteiger partial charge in [0.15, 0.2) is 0 Å². The van der Waals surface area contributed by atoms with Crippen molar-refractivity contribution in [1.82, 2.24) is 24.9 Å². The maximum atomic E-state index is 13.5. The quantitative estimate of drug-likeness (QED) is 0.0764. The highest BCUT2D eigenvalue weighted by molar-refractivity contribution is 7.72. The van der Waals surface area contributed by atoms with Gasteiger partial charge in [-0.25, -0.2) is 4.39 Å². The lowest BCUT2D eigenvalue weighted by Crippen LogP contribution is -1.93. The third-order valence-corrected chi connectivity index (χ3v) is 19.6. The van der Waals surface area contributed by atoms with Gasteiger partial charge in [-0.1, -0.05) is 201 Å². The lowest BCUT2D eigenvalue weighted by Gasteiger charge is -2.09. The van der Waals surface area contributed by atoms with Crippen LogP contribution in [0.3, 0.4) is 0 Å². The molecular formula is C83H53FN10O2S8. The molecule has 0 atom stereocenters. The number of H-pyrrole nitrogens is 5. The Hall–Kier alpha value is -12.3. The number of furan rings is 1. The molecule has 0 saturated heterocycles. The predicted molar refractivity (Wildman–Crippen MR) is 428 cm³/mol. The van der Waals surface area contributed by atoms with Gasteiger partial charge in [0, 0.05) is 50.6 Å². The molecule has 0 aliphatic heterocycles. The molecule has 0 radical (unpaired) electrons. The number of nitriles is 5. The Bertz CT molecular complexity index is 6030. The summed E-state index contributed by atoms with van der Waals surface area (Å²) in [5, 5.41) is 56.8. The SMILES string of the molecule is COc1ccc(-c2cc(-c3ccco3)c(C#N)c(=S)[nH]2)cc1.N#Cc1c(-c2cccc(F)c2)cc(-c2ccccc2)[nH]c1=S.N#Cc1c(-c2ccccc2)cc(-c2ccccc2)[nH]c1=S.N#Cc1c(-c2ccsc2)cc(-c2ccccc2)[nH]c1=S.N#Cc1c(-c2ccsc2)cc(-c2cccs2)[nH]c1=S. The van der Waals surface area contributed by atoms with Gasteiger partial charge in [0.25, 0.3) is 0 Å². The zero-order valence-corrected chi connectivity index (χ0v) is 61.2. The van der Waals surface area contributed by atoms with E-state index in [4.69, 9.17) is 70.2 Å². The predicted octanol–water partition coefficient (Wildman–Crippen LogP) is 24.7. The minimum Gasteiger partial charge on any atom is -0.497 e. The fraction of sp³-hybridized carbons (Fsp3) is 0.0120. The van der Waals surface area contributed by atoms with E-state index in [1.807, 2.05) is 233 Å². The molecule has 0 amide bonds. The average Bonchev–Trinajstić information content (AvgIpc) is 1.56. The molecule has 12 nitrogen and oxygen atoms in total. The number of aromatic amines is 5. The molecule has 9 aromatic heterocycles. The van der Waals surface area contributed by atoms with E-state index in [1.165, 1.54) is 12.1 Å². The summed E-state index contributed by atoms with van der Waals surface area (Å²) in [5.74, 6) is 1.05. The van der Waals surface area contributed by atoms with E-state index in [0.717, 1.165) is 94.7 Å². The highest BCUT2D eigenvalue weighted by Crippen LogP contribution is 2.36. The lowest BCUT2D eigenvalue weighted by molar-refractivity contribution is 0.415.